The van der Waals surface area contributed by atoms with Gasteiger partial charge in [-0.3, -0.25) is 0 Å². The molecule has 0 aliphatic heterocycles. The van der Waals surface area contributed by atoms with Crippen molar-refractivity contribution < 1.29 is 28.5 Å². The molecule has 0 saturated heterocycles. The van der Waals surface area contributed by atoms with Crippen LogP contribution < -0.4 is 0 Å². The normalized spacial score (nSPS) is 19.9. The Morgan fingerprint density at radius 2 is 1.55 bits per heavy atom. The number of aliphatic hydroxyl groups excluding tert-OH is 3. The number of hydrogen-bond acceptors (Lipinski definition) is 3. The van der Waals surface area contributed by atoms with Gasteiger partial charge in [-0.2, -0.15) is 0 Å². The van der Waals surface area contributed by atoms with Crippen LogP contribution in [0.5, 0.6) is 0 Å². The molecule has 0 aromatic rings. The highest BCUT2D eigenvalue weighted by molar-refractivity contribution is 4.76. The maximum absolute atomic E-state index is 12.1. The fraction of sp³-hybridized carbons (Fsp3) is 1.00. The van der Waals surface area contributed by atoms with Crippen LogP contribution >= 0.6 is 0 Å². The van der Waals surface area contributed by atoms with E-state index in [-0.39, 0.29) is 0 Å². The molecular formula is C5H9F3O3. The largest absolute Gasteiger partial charge is 0.394 e. The van der Waals surface area contributed by atoms with E-state index in [1.165, 1.54) is 0 Å². The fourth-order valence-electron chi connectivity index (χ4n) is 0.469. The van der Waals surface area contributed by atoms with Crippen LogP contribution in [0.1, 0.15) is 0 Å². The van der Waals surface area contributed by atoms with Gasteiger partial charge in [0, 0.05) is 0 Å². The highest BCUT2D eigenvalue weighted by Crippen LogP contribution is 2.12. The topological polar surface area (TPSA) is 60.7 Å². The summed E-state index contributed by atoms with van der Waals surface area (Å²) < 4.78 is 35.0. The van der Waals surface area contributed by atoms with Crippen LogP contribution in [0.3, 0.4) is 0 Å². The van der Waals surface area contributed by atoms with Crippen LogP contribution in [0.2, 0.25) is 0 Å². The van der Waals surface area contributed by atoms with Crippen molar-refractivity contribution in [3.63, 3.8) is 0 Å². The summed E-state index contributed by atoms with van der Waals surface area (Å²) in [5.41, 5.74) is 0. The van der Waals surface area contributed by atoms with Crippen LogP contribution in [-0.4, -0.2) is 46.7 Å². The molecule has 0 fully saturated rings. The maximum atomic E-state index is 12.1. The van der Waals surface area contributed by atoms with Crippen LogP contribution in [-0.2, 0) is 0 Å². The molecule has 3 atom stereocenters. The summed E-state index contributed by atoms with van der Waals surface area (Å²) in [6.45, 7) is -0.950. The number of aliphatic hydroxyl groups is 3. The molecule has 0 aromatic carbocycles. The highest BCUT2D eigenvalue weighted by Gasteiger charge is 2.32. The molecule has 3 nitrogen and oxygen atoms in total. The molecule has 0 aromatic heterocycles. The van der Waals surface area contributed by atoms with Gasteiger partial charge in [-0.05, 0) is 0 Å². The van der Waals surface area contributed by atoms with E-state index in [9.17, 15) is 13.2 Å². The minimum absolute atomic E-state index is 0.950. The summed E-state index contributed by atoms with van der Waals surface area (Å²) in [5, 5.41) is 25.1. The summed E-state index contributed by atoms with van der Waals surface area (Å²) in [6.07, 6.45) is -10.3. The molecule has 0 amide bonds. The van der Waals surface area contributed by atoms with E-state index in [1.54, 1.807) is 0 Å². The molecule has 3 N–H and O–H groups in total. The van der Waals surface area contributed by atoms with Gasteiger partial charge in [-0.25, -0.2) is 13.2 Å². The first-order valence-electron chi connectivity index (χ1n) is 2.90. The molecule has 0 radical (unpaired) electrons. The molecule has 11 heavy (non-hydrogen) atoms. The van der Waals surface area contributed by atoms with Crippen molar-refractivity contribution in [1.29, 1.82) is 0 Å². The van der Waals surface area contributed by atoms with E-state index in [0.29, 0.717) is 0 Å². The van der Waals surface area contributed by atoms with Crippen molar-refractivity contribution >= 4 is 0 Å². The van der Waals surface area contributed by atoms with Crippen LogP contribution in [0.25, 0.3) is 0 Å². The van der Waals surface area contributed by atoms with Crippen molar-refractivity contribution in [2.75, 3.05) is 6.61 Å². The predicted molar refractivity (Wildman–Crippen MR) is 30.0 cm³/mol. The van der Waals surface area contributed by atoms with E-state index in [0.717, 1.165) is 0 Å². The van der Waals surface area contributed by atoms with Crippen LogP contribution in [0.15, 0.2) is 0 Å². The van der Waals surface area contributed by atoms with Crippen molar-refractivity contribution in [1.82, 2.24) is 0 Å². The molecule has 68 valence electrons. The summed E-state index contributed by atoms with van der Waals surface area (Å²) in [7, 11) is 0. The van der Waals surface area contributed by atoms with Crippen LogP contribution in [0, 0.1) is 0 Å². The fourth-order valence-corrected chi connectivity index (χ4v) is 0.469. The van der Waals surface area contributed by atoms with Crippen LogP contribution in [0.4, 0.5) is 13.2 Å². The summed E-state index contributed by atoms with van der Waals surface area (Å²) in [6, 6.07) is 0. The minimum atomic E-state index is -3.36. The monoisotopic (exact) mass is 174 g/mol. The molecule has 0 spiro atoms. The second-order valence-corrected chi connectivity index (χ2v) is 2.02. The quantitative estimate of drug-likeness (QED) is 0.528. The van der Waals surface area contributed by atoms with Gasteiger partial charge >= 0.3 is 0 Å². The lowest BCUT2D eigenvalue weighted by molar-refractivity contribution is -0.0938. The summed E-state index contributed by atoms with van der Waals surface area (Å²) >= 11 is 0. The molecule has 3 unspecified atom stereocenters. The zero-order valence-corrected chi connectivity index (χ0v) is 5.49. The van der Waals surface area contributed by atoms with Gasteiger partial charge < -0.3 is 15.3 Å². The first kappa shape index (κ1) is 10.7. The Labute approximate surface area is 61.1 Å². The Hall–Kier alpha value is -0.330. The summed E-state index contributed by atoms with van der Waals surface area (Å²) in [4.78, 5) is 0. The lowest BCUT2D eigenvalue weighted by Crippen LogP contribution is -2.40. The number of hydrogen-bond donors (Lipinski definition) is 3. The second kappa shape index (κ2) is 4.53. The molecule has 0 aliphatic carbocycles. The average Bonchev–Trinajstić information content (AvgIpc) is 2.00. The van der Waals surface area contributed by atoms with E-state index in [4.69, 9.17) is 15.3 Å². The lowest BCUT2D eigenvalue weighted by atomic mass is 10.1. The SMILES string of the molecule is OCC(O)C(O)C(F)C(F)F. The predicted octanol–water partition coefficient (Wildman–Crippen LogP) is -0.696. The first-order chi connectivity index (χ1) is 5.00. The standard InChI is InChI=1S/C5H9F3O3/c6-3(5(7)8)4(11)2(10)1-9/h2-5,9-11H,1H2. The average molecular weight is 174 g/mol. The van der Waals surface area contributed by atoms with E-state index in [2.05, 4.69) is 0 Å². The number of alkyl halides is 3. The molecule has 0 bridgehead atoms. The number of rotatable bonds is 4. The van der Waals surface area contributed by atoms with Crippen molar-refractivity contribution in [3.8, 4) is 0 Å². The van der Waals surface area contributed by atoms with Gasteiger partial charge in [0.1, 0.15) is 12.2 Å². The zero-order valence-electron chi connectivity index (χ0n) is 5.49. The Bertz CT molecular complexity index is 111. The van der Waals surface area contributed by atoms with Gasteiger partial charge in [0.15, 0.2) is 6.17 Å². The molecule has 0 rings (SSSR count). The minimum Gasteiger partial charge on any atom is -0.394 e. The van der Waals surface area contributed by atoms with Gasteiger partial charge in [0.2, 0.25) is 0 Å². The van der Waals surface area contributed by atoms with Crippen molar-refractivity contribution in [2.45, 2.75) is 24.8 Å². The third kappa shape index (κ3) is 3.04. The lowest BCUT2D eigenvalue weighted by Gasteiger charge is -2.18. The number of halogens is 3. The smallest absolute Gasteiger partial charge is 0.272 e. The first-order valence-corrected chi connectivity index (χ1v) is 2.90. The van der Waals surface area contributed by atoms with Gasteiger partial charge in [0.05, 0.1) is 6.61 Å². The third-order valence-electron chi connectivity index (χ3n) is 1.15. The zero-order chi connectivity index (χ0) is 9.02. The van der Waals surface area contributed by atoms with Gasteiger partial charge in [0.25, 0.3) is 6.43 Å². The Kier molecular flexibility index (Phi) is 4.39. The summed E-state index contributed by atoms with van der Waals surface area (Å²) in [5.74, 6) is 0. The van der Waals surface area contributed by atoms with E-state index in [1.807, 2.05) is 0 Å². The van der Waals surface area contributed by atoms with Crippen molar-refractivity contribution in [2.24, 2.45) is 0 Å². The highest BCUT2D eigenvalue weighted by atomic mass is 19.3. The molecule has 0 aliphatic rings. The molecule has 0 heterocycles. The van der Waals surface area contributed by atoms with E-state index < -0.39 is 31.4 Å². The maximum Gasteiger partial charge on any atom is 0.272 e. The van der Waals surface area contributed by atoms with Gasteiger partial charge in [-0.1, -0.05) is 0 Å². The van der Waals surface area contributed by atoms with E-state index >= 15 is 0 Å². The van der Waals surface area contributed by atoms with Gasteiger partial charge in [-0.15, -0.1) is 0 Å². The Balaban J connectivity index is 3.90. The molecule has 6 heteroatoms. The van der Waals surface area contributed by atoms with Crippen molar-refractivity contribution in [3.05, 3.63) is 0 Å². The molecular weight excluding hydrogens is 165 g/mol. The Morgan fingerprint density at radius 1 is 1.09 bits per heavy atom. The Morgan fingerprint density at radius 3 is 1.82 bits per heavy atom. The second-order valence-electron chi connectivity index (χ2n) is 2.02. The third-order valence-corrected chi connectivity index (χ3v) is 1.15. The molecule has 0 saturated carbocycles.